The Bertz CT molecular complexity index is 1220. The maximum atomic E-state index is 13.1. The molecule has 0 saturated heterocycles. The summed E-state index contributed by atoms with van der Waals surface area (Å²) >= 11 is 0. The normalized spacial score (nSPS) is 21.2. The van der Waals surface area contributed by atoms with Crippen molar-refractivity contribution in [2.24, 2.45) is 11.7 Å². The Labute approximate surface area is 182 Å². The molecule has 0 radical (unpaired) electrons. The molecule has 0 spiro atoms. The molecule has 1 aliphatic carbocycles. The molecule has 8 nitrogen and oxygen atoms in total. The van der Waals surface area contributed by atoms with Crippen LogP contribution in [0.2, 0.25) is 0 Å². The lowest BCUT2D eigenvalue weighted by atomic mass is 9.92. The van der Waals surface area contributed by atoms with Crippen LogP contribution in [0.4, 0.5) is 14.6 Å². The van der Waals surface area contributed by atoms with Gasteiger partial charge in [0.15, 0.2) is 5.78 Å². The first-order chi connectivity index (χ1) is 15.1. The Morgan fingerprint density at radius 1 is 1.31 bits per heavy atom. The standard InChI is InChI=1S/C22H21F2N5O3/c1-3-17(30)16-4-10(2)13(9-26-16)12-5-11-8-27-18(6-15(11)28-19(12)20(25)31)29-21(32)14-7-22(14,23)24/h4-6,8-9,14,16,26H,3,7H2,1-2H3,(H2,25,31)(H,27,29,32)/t14-,16?/m1/s1. The number of carbonyl (C=O) groups is 3. The summed E-state index contributed by atoms with van der Waals surface area (Å²) in [7, 11) is 0. The number of ketones is 1. The number of aromatic nitrogens is 2. The van der Waals surface area contributed by atoms with Crippen LogP contribution in [0.5, 0.6) is 0 Å². The predicted molar refractivity (Wildman–Crippen MR) is 114 cm³/mol. The Kier molecular flexibility index (Phi) is 5.23. The topological polar surface area (TPSA) is 127 Å². The molecule has 2 amide bonds. The molecule has 2 aromatic rings. The van der Waals surface area contributed by atoms with Gasteiger partial charge in [-0.1, -0.05) is 13.0 Å². The van der Waals surface area contributed by atoms with E-state index >= 15 is 0 Å². The van der Waals surface area contributed by atoms with Crippen LogP contribution in [0.15, 0.2) is 36.2 Å². The Morgan fingerprint density at radius 3 is 2.62 bits per heavy atom. The van der Waals surface area contributed by atoms with Gasteiger partial charge in [-0.2, -0.15) is 0 Å². The number of nitrogens with two attached hydrogens (primary N) is 1. The molecule has 32 heavy (non-hydrogen) atoms. The van der Waals surface area contributed by atoms with Crippen molar-refractivity contribution in [1.82, 2.24) is 15.3 Å². The third kappa shape index (κ3) is 3.95. The molecule has 1 saturated carbocycles. The zero-order valence-electron chi connectivity index (χ0n) is 17.4. The first-order valence-electron chi connectivity index (χ1n) is 10.1. The summed E-state index contributed by atoms with van der Waals surface area (Å²) in [4.78, 5) is 44.5. The lowest BCUT2D eigenvalue weighted by Crippen LogP contribution is -2.33. The quantitative estimate of drug-likeness (QED) is 0.632. The van der Waals surface area contributed by atoms with Crippen LogP contribution in [0, 0.1) is 5.92 Å². The summed E-state index contributed by atoms with van der Waals surface area (Å²) < 4.78 is 26.2. The molecule has 2 aromatic heterocycles. The predicted octanol–water partition coefficient (Wildman–Crippen LogP) is 2.56. The molecular weight excluding hydrogens is 420 g/mol. The van der Waals surface area contributed by atoms with Gasteiger partial charge in [0.25, 0.3) is 11.8 Å². The van der Waals surface area contributed by atoms with Gasteiger partial charge in [-0.3, -0.25) is 14.4 Å². The zero-order chi connectivity index (χ0) is 23.2. The van der Waals surface area contributed by atoms with E-state index in [-0.39, 0.29) is 17.3 Å². The maximum Gasteiger partial charge on any atom is 0.267 e. The number of nitrogens with one attached hydrogen (secondary N) is 2. The summed E-state index contributed by atoms with van der Waals surface area (Å²) in [5.41, 5.74) is 7.77. The van der Waals surface area contributed by atoms with E-state index in [0.29, 0.717) is 28.5 Å². The van der Waals surface area contributed by atoms with Gasteiger partial charge in [-0.15, -0.1) is 0 Å². The maximum absolute atomic E-state index is 13.1. The van der Waals surface area contributed by atoms with Crippen LogP contribution >= 0.6 is 0 Å². The van der Waals surface area contributed by atoms with Crippen LogP contribution in [0.1, 0.15) is 42.7 Å². The number of fused-ring (bicyclic) bond motifs is 1. The largest absolute Gasteiger partial charge is 0.378 e. The van der Waals surface area contributed by atoms with E-state index in [9.17, 15) is 23.2 Å². The van der Waals surface area contributed by atoms with E-state index < -0.39 is 36.1 Å². The summed E-state index contributed by atoms with van der Waals surface area (Å²) in [5, 5.41) is 5.94. The molecule has 4 rings (SSSR count). The number of allylic oxidation sites excluding steroid dienone is 2. The van der Waals surface area contributed by atoms with E-state index in [4.69, 9.17) is 5.73 Å². The molecule has 10 heteroatoms. The van der Waals surface area contributed by atoms with Crippen molar-refractivity contribution in [3.05, 3.63) is 47.4 Å². The van der Waals surface area contributed by atoms with Crippen LogP contribution < -0.4 is 16.4 Å². The number of pyridine rings is 2. The van der Waals surface area contributed by atoms with Gasteiger partial charge in [0.2, 0.25) is 5.91 Å². The van der Waals surface area contributed by atoms with Crippen molar-refractivity contribution in [3.63, 3.8) is 0 Å². The smallest absolute Gasteiger partial charge is 0.267 e. The van der Waals surface area contributed by atoms with E-state index in [1.807, 2.05) is 6.92 Å². The van der Waals surface area contributed by atoms with Crippen LogP contribution in [-0.4, -0.2) is 39.5 Å². The number of dihydropyridines is 1. The van der Waals surface area contributed by atoms with Crippen LogP contribution in [-0.2, 0) is 9.59 Å². The van der Waals surface area contributed by atoms with Crippen molar-refractivity contribution < 1.29 is 23.2 Å². The van der Waals surface area contributed by atoms with Crippen molar-refractivity contribution >= 4 is 39.9 Å². The first-order valence-corrected chi connectivity index (χ1v) is 10.1. The molecule has 1 unspecified atom stereocenters. The molecule has 0 bridgehead atoms. The summed E-state index contributed by atoms with van der Waals surface area (Å²) in [6.45, 7) is 3.60. The highest BCUT2D eigenvalue weighted by atomic mass is 19.3. The fraction of sp³-hybridized carbons (Fsp3) is 0.318. The van der Waals surface area contributed by atoms with Gasteiger partial charge in [-0.05, 0) is 18.6 Å². The summed E-state index contributed by atoms with van der Waals surface area (Å²) in [5.74, 6) is -5.83. The highest BCUT2D eigenvalue weighted by molar-refractivity contribution is 6.02. The molecule has 4 N–H and O–H groups in total. The SMILES string of the molecule is CCC(=O)C1C=C(C)C(c2cc3cnc(NC(=O)[C@H]4CC4(F)F)cc3nc2C(N)=O)=CN1. The lowest BCUT2D eigenvalue weighted by Gasteiger charge is -2.22. The van der Waals surface area contributed by atoms with Gasteiger partial charge in [0.05, 0.1) is 5.52 Å². The molecule has 3 heterocycles. The van der Waals surface area contributed by atoms with E-state index in [2.05, 4.69) is 20.6 Å². The minimum atomic E-state index is -2.99. The summed E-state index contributed by atoms with van der Waals surface area (Å²) in [6, 6.07) is 2.64. The van der Waals surface area contributed by atoms with Crippen LogP contribution in [0.25, 0.3) is 16.5 Å². The van der Waals surface area contributed by atoms with Gasteiger partial charge >= 0.3 is 0 Å². The third-order valence-corrected chi connectivity index (χ3v) is 5.56. The number of alkyl halides is 2. The fourth-order valence-corrected chi connectivity index (χ4v) is 3.61. The highest BCUT2D eigenvalue weighted by Gasteiger charge is 2.61. The zero-order valence-corrected chi connectivity index (χ0v) is 17.4. The lowest BCUT2D eigenvalue weighted by molar-refractivity contribution is -0.120. The molecule has 2 atom stereocenters. The molecule has 1 fully saturated rings. The number of amides is 2. The number of nitrogens with zero attached hydrogens (tertiary/aromatic N) is 2. The fourth-order valence-electron chi connectivity index (χ4n) is 3.61. The summed E-state index contributed by atoms with van der Waals surface area (Å²) in [6.07, 6.45) is 4.76. The Hall–Kier alpha value is -3.69. The molecule has 1 aliphatic heterocycles. The number of rotatable bonds is 6. The highest BCUT2D eigenvalue weighted by Crippen LogP contribution is 2.49. The van der Waals surface area contributed by atoms with Crippen molar-refractivity contribution in [1.29, 1.82) is 0 Å². The number of primary amides is 1. The molecular formula is C22H21F2N5O3. The van der Waals surface area contributed by atoms with E-state index in [1.165, 1.54) is 12.3 Å². The van der Waals surface area contributed by atoms with Gasteiger partial charge in [0, 0.05) is 47.8 Å². The number of hydrogen-bond acceptors (Lipinski definition) is 6. The number of hydrogen-bond donors (Lipinski definition) is 3. The van der Waals surface area contributed by atoms with Gasteiger partial charge in [0.1, 0.15) is 23.5 Å². The average molecular weight is 441 g/mol. The van der Waals surface area contributed by atoms with E-state index in [0.717, 1.165) is 5.57 Å². The van der Waals surface area contributed by atoms with E-state index in [1.54, 1.807) is 25.3 Å². The molecule has 2 aliphatic rings. The third-order valence-electron chi connectivity index (χ3n) is 5.56. The van der Waals surface area contributed by atoms with Crippen molar-refractivity contribution in [2.75, 3.05) is 5.32 Å². The minimum absolute atomic E-state index is 0.00392. The van der Waals surface area contributed by atoms with Gasteiger partial charge in [-0.25, -0.2) is 18.7 Å². The van der Waals surface area contributed by atoms with Crippen LogP contribution in [0.3, 0.4) is 0 Å². The number of carbonyl (C=O) groups excluding carboxylic acids is 3. The Morgan fingerprint density at radius 2 is 2.03 bits per heavy atom. The number of anilines is 1. The number of halogens is 2. The second kappa shape index (κ2) is 7.77. The Balaban J connectivity index is 1.67. The van der Waals surface area contributed by atoms with Crippen molar-refractivity contribution in [3.8, 4) is 0 Å². The molecule has 0 aromatic carbocycles. The average Bonchev–Trinajstić information content (AvgIpc) is 3.40. The number of Topliss-reactive ketones (excluding diaryl/α,β-unsaturated/α-hetero) is 1. The van der Waals surface area contributed by atoms with Gasteiger partial charge < -0.3 is 16.4 Å². The molecule has 166 valence electrons. The monoisotopic (exact) mass is 441 g/mol. The minimum Gasteiger partial charge on any atom is -0.378 e. The second-order valence-corrected chi connectivity index (χ2v) is 7.89. The second-order valence-electron chi connectivity index (χ2n) is 7.89. The first kappa shape index (κ1) is 21.5. The van der Waals surface area contributed by atoms with Crippen molar-refractivity contribution in [2.45, 2.75) is 38.7 Å².